The van der Waals surface area contributed by atoms with Crippen molar-refractivity contribution in [2.24, 2.45) is 5.92 Å². The molecular weight excluding hydrogens is 310 g/mol. The van der Waals surface area contributed by atoms with Gasteiger partial charge in [0.2, 0.25) is 0 Å². The highest BCUT2D eigenvalue weighted by atomic mass is 32.1. The average Bonchev–Trinajstić information content (AvgIpc) is 2.54. The fourth-order valence-electron chi connectivity index (χ4n) is 3.23. The smallest absolute Gasteiger partial charge is 0.262 e. The molecule has 5 nitrogen and oxygen atoms in total. The number of nitrogens with one attached hydrogen (secondary N) is 1. The van der Waals surface area contributed by atoms with Gasteiger partial charge < -0.3 is 9.88 Å². The molecule has 1 aliphatic rings. The summed E-state index contributed by atoms with van der Waals surface area (Å²) in [6.07, 6.45) is 2.22. The van der Waals surface area contributed by atoms with Gasteiger partial charge in [-0.1, -0.05) is 6.92 Å². The molecule has 0 radical (unpaired) electrons. The Morgan fingerprint density at radius 3 is 2.91 bits per heavy atom. The minimum absolute atomic E-state index is 0.0254. The lowest BCUT2D eigenvalue weighted by Crippen LogP contribution is -2.39. The van der Waals surface area contributed by atoms with Gasteiger partial charge in [0, 0.05) is 25.2 Å². The molecule has 3 rings (SSSR count). The third kappa shape index (κ3) is 2.95. The van der Waals surface area contributed by atoms with Gasteiger partial charge >= 0.3 is 0 Å². The molecule has 1 saturated heterocycles. The number of piperidine rings is 1. The minimum Gasteiger partial charge on any atom is -0.338 e. The normalized spacial score (nSPS) is 18.3. The molecule has 0 bridgehead atoms. The number of hydrogen-bond donors (Lipinski definition) is 1. The van der Waals surface area contributed by atoms with Crippen LogP contribution in [0, 0.1) is 10.7 Å². The van der Waals surface area contributed by atoms with E-state index in [1.165, 1.54) is 11.0 Å². The monoisotopic (exact) mass is 331 g/mol. The number of amides is 1. The topological polar surface area (TPSA) is 58.1 Å². The standard InChI is InChI=1S/C17H21N3O2S/c1-3-20-16(22)13-7-6-12(9-14(13)18-17(20)23)15(21)19-8-4-5-11(2)10-19/h6-7,9,11H,3-5,8,10H2,1-2H3,(H,18,23). The maximum absolute atomic E-state index is 12.7. The molecule has 2 heterocycles. The summed E-state index contributed by atoms with van der Waals surface area (Å²) in [7, 11) is 0. The zero-order valence-electron chi connectivity index (χ0n) is 13.5. The van der Waals surface area contributed by atoms with Crippen LogP contribution in [-0.4, -0.2) is 33.4 Å². The van der Waals surface area contributed by atoms with Gasteiger partial charge in [-0.3, -0.25) is 14.2 Å². The summed E-state index contributed by atoms with van der Waals surface area (Å²) in [6.45, 7) is 6.17. The van der Waals surface area contributed by atoms with Crippen LogP contribution < -0.4 is 5.56 Å². The highest BCUT2D eigenvalue weighted by molar-refractivity contribution is 7.71. The van der Waals surface area contributed by atoms with E-state index in [0.29, 0.717) is 33.7 Å². The van der Waals surface area contributed by atoms with Crippen molar-refractivity contribution < 1.29 is 4.79 Å². The molecule has 23 heavy (non-hydrogen) atoms. The van der Waals surface area contributed by atoms with Crippen LogP contribution in [0.4, 0.5) is 0 Å². The molecule has 0 aliphatic carbocycles. The number of nitrogens with zero attached hydrogens (tertiary/aromatic N) is 2. The van der Waals surface area contributed by atoms with E-state index in [9.17, 15) is 9.59 Å². The van der Waals surface area contributed by atoms with Crippen LogP contribution in [0.5, 0.6) is 0 Å². The number of rotatable bonds is 2. The molecule has 1 fully saturated rings. The fraction of sp³-hybridized carbons (Fsp3) is 0.471. The Morgan fingerprint density at radius 1 is 1.43 bits per heavy atom. The first-order valence-corrected chi connectivity index (χ1v) is 8.48. The van der Waals surface area contributed by atoms with Crippen LogP contribution in [0.2, 0.25) is 0 Å². The van der Waals surface area contributed by atoms with E-state index >= 15 is 0 Å². The first-order chi connectivity index (χ1) is 11.0. The van der Waals surface area contributed by atoms with Crippen LogP contribution >= 0.6 is 12.2 Å². The number of carbonyl (C=O) groups is 1. The van der Waals surface area contributed by atoms with Crippen molar-refractivity contribution in [3.8, 4) is 0 Å². The Balaban J connectivity index is 2.02. The lowest BCUT2D eigenvalue weighted by molar-refractivity contribution is 0.0683. The van der Waals surface area contributed by atoms with Gasteiger partial charge in [0.1, 0.15) is 0 Å². The summed E-state index contributed by atoms with van der Waals surface area (Å²) in [4.78, 5) is 30.0. The number of carbonyl (C=O) groups excluding carboxylic acids is 1. The summed E-state index contributed by atoms with van der Waals surface area (Å²) < 4.78 is 1.91. The van der Waals surface area contributed by atoms with Crippen molar-refractivity contribution in [3.63, 3.8) is 0 Å². The number of aromatic nitrogens is 2. The van der Waals surface area contributed by atoms with Crippen molar-refractivity contribution in [2.75, 3.05) is 13.1 Å². The van der Waals surface area contributed by atoms with Crippen LogP contribution in [0.3, 0.4) is 0 Å². The van der Waals surface area contributed by atoms with Gasteiger partial charge in [0.05, 0.1) is 10.9 Å². The number of aromatic amines is 1. The zero-order valence-corrected chi connectivity index (χ0v) is 14.3. The molecule has 2 aromatic rings. The molecule has 1 aliphatic heterocycles. The number of fused-ring (bicyclic) bond motifs is 1. The zero-order chi connectivity index (χ0) is 16.6. The second-order valence-corrected chi connectivity index (χ2v) is 6.63. The number of hydrogen-bond acceptors (Lipinski definition) is 3. The first kappa shape index (κ1) is 15.9. The maximum atomic E-state index is 12.7. The molecule has 1 amide bonds. The first-order valence-electron chi connectivity index (χ1n) is 8.07. The highest BCUT2D eigenvalue weighted by Gasteiger charge is 2.22. The summed E-state index contributed by atoms with van der Waals surface area (Å²) in [5.41, 5.74) is 1.11. The van der Waals surface area contributed by atoms with Crippen molar-refractivity contribution in [1.29, 1.82) is 0 Å². The largest absolute Gasteiger partial charge is 0.338 e. The molecule has 1 aromatic heterocycles. The predicted molar refractivity (Wildman–Crippen MR) is 93.4 cm³/mol. The third-order valence-corrected chi connectivity index (χ3v) is 4.81. The van der Waals surface area contributed by atoms with E-state index in [4.69, 9.17) is 12.2 Å². The van der Waals surface area contributed by atoms with E-state index < -0.39 is 0 Å². The highest BCUT2D eigenvalue weighted by Crippen LogP contribution is 2.19. The maximum Gasteiger partial charge on any atom is 0.262 e. The number of H-pyrrole nitrogens is 1. The molecule has 0 spiro atoms. The van der Waals surface area contributed by atoms with Gasteiger partial charge in [0.15, 0.2) is 4.77 Å². The van der Waals surface area contributed by atoms with E-state index in [1.54, 1.807) is 18.2 Å². The lowest BCUT2D eigenvalue weighted by atomic mass is 9.99. The van der Waals surface area contributed by atoms with Crippen molar-refractivity contribution in [2.45, 2.75) is 33.2 Å². The molecule has 1 unspecified atom stereocenters. The van der Waals surface area contributed by atoms with Crippen LogP contribution in [0.1, 0.15) is 37.0 Å². The minimum atomic E-state index is -0.114. The van der Waals surface area contributed by atoms with Crippen LogP contribution in [0.15, 0.2) is 23.0 Å². The fourth-order valence-corrected chi connectivity index (χ4v) is 3.55. The quantitative estimate of drug-likeness (QED) is 0.861. The summed E-state index contributed by atoms with van der Waals surface area (Å²) in [6, 6.07) is 5.20. The van der Waals surface area contributed by atoms with Crippen molar-refractivity contribution >= 4 is 29.0 Å². The molecular formula is C17H21N3O2S. The van der Waals surface area contributed by atoms with E-state index in [2.05, 4.69) is 11.9 Å². The summed E-state index contributed by atoms with van der Waals surface area (Å²) in [5, 5.41) is 0.559. The van der Waals surface area contributed by atoms with Gasteiger partial charge in [-0.15, -0.1) is 0 Å². The second-order valence-electron chi connectivity index (χ2n) is 6.24. The second kappa shape index (κ2) is 6.28. The molecule has 1 aromatic carbocycles. The van der Waals surface area contributed by atoms with Crippen molar-refractivity contribution in [3.05, 3.63) is 38.9 Å². The molecule has 1 atom stereocenters. The van der Waals surface area contributed by atoms with E-state index in [-0.39, 0.29) is 11.5 Å². The number of benzene rings is 1. The van der Waals surface area contributed by atoms with Gasteiger partial charge in [-0.25, -0.2) is 0 Å². The Kier molecular flexibility index (Phi) is 4.35. The molecule has 0 saturated carbocycles. The van der Waals surface area contributed by atoms with E-state index in [0.717, 1.165) is 19.5 Å². The molecule has 1 N–H and O–H groups in total. The summed E-state index contributed by atoms with van der Waals surface area (Å²) >= 11 is 5.23. The van der Waals surface area contributed by atoms with Gasteiger partial charge in [0.25, 0.3) is 11.5 Å². The average molecular weight is 331 g/mol. The van der Waals surface area contributed by atoms with Crippen LogP contribution in [-0.2, 0) is 6.54 Å². The van der Waals surface area contributed by atoms with Crippen LogP contribution in [0.25, 0.3) is 10.9 Å². The Labute approximate surface area is 139 Å². The molecule has 6 heteroatoms. The molecule has 122 valence electrons. The van der Waals surface area contributed by atoms with E-state index in [1.807, 2.05) is 11.8 Å². The Morgan fingerprint density at radius 2 is 2.22 bits per heavy atom. The predicted octanol–water partition coefficient (Wildman–Crippen LogP) is 2.95. The Bertz CT molecular complexity index is 868. The number of likely N-dealkylation sites (tertiary alicyclic amines) is 1. The third-order valence-electron chi connectivity index (χ3n) is 4.49. The van der Waals surface area contributed by atoms with Gasteiger partial charge in [-0.05, 0) is 56.1 Å². The Hall–Kier alpha value is -1.95. The van der Waals surface area contributed by atoms with Gasteiger partial charge in [-0.2, -0.15) is 0 Å². The lowest BCUT2D eigenvalue weighted by Gasteiger charge is -2.31. The van der Waals surface area contributed by atoms with Crippen molar-refractivity contribution in [1.82, 2.24) is 14.5 Å². The summed E-state index contributed by atoms with van der Waals surface area (Å²) in [5.74, 6) is 0.563. The SMILES string of the molecule is CCn1c(=S)[nH]c2cc(C(=O)N3CCCC(C)C3)ccc2c1=O.